The fourth-order valence-electron chi connectivity index (χ4n) is 1.68. The normalized spacial score (nSPS) is 23.9. The van der Waals surface area contributed by atoms with Crippen molar-refractivity contribution in [3.63, 3.8) is 0 Å². The molecule has 1 aliphatic rings. The third-order valence-corrected chi connectivity index (χ3v) is 2.83. The first-order valence-corrected chi connectivity index (χ1v) is 5.92. The molecule has 3 atom stereocenters. The van der Waals surface area contributed by atoms with Crippen molar-refractivity contribution in [3.05, 3.63) is 12.8 Å². The lowest BCUT2D eigenvalue weighted by atomic mass is 10.0. The van der Waals surface area contributed by atoms with Crippen LogP contribution in [0.25, 0.3) is 0 Å². The van der Waals surface area contributed by atoms with Crippen molar-refractivity contribution in [2.24, 2.45) is 10.9 Å². The molecule has 0 spiro atoms. The van der Waals surface area contributed by atoms with Crippen molar-refractivity contribution in [1.29, 1.82) is 0 Å². The van der Waals surface area contributed by atoms with Gasteiger partial charge >= 0.3 is 5.97 Å². The number of hydrogen-bond acceptors (Lipinski definition) is 6. The van der Waals surface area contributed by atoms with E-state index < -0.39 is 24.0 Å². The van der Waals surface area contributed by atoms with Gasteiger partial charge in [-0.3, -0.25) is 9.79 Å². The Kier molecular flexibility index (Phi) is 5.50. The molecule has 106 valence electrons. The second-order valence-electron chi connectivity index (χ2n) is 4.02. The molecule has 0 aromatic carbocycles. The highest BCUT2D eigenvalue weighted by atomic mass is 16.5. The van der Waals surface area contributed by atoms with E-state index in [1.54, 1.807) is 0 Å². The Morgan fingerprint density at radius 3 is 2.89 bits per heavy atom. The summed E-state index contributed by atoms with van der Waals surface area (Å²) < 4.78 is 9.59. The Morgan fingerprint density at radius 2 is 2.37 bits per heavy atom. The van der Waals surface area contributed by atoms with Gasteiger partial charge in [-0.05, 0) is 6.42 Å². The summed E-state index contributed by atoms with van der Waals surface area (Å²) in [5.74, 6) is -1.30. The summed E-state index contributed by atoms with van der Waals surface area (Å²) in [6.45, 7) is 5.61. The molecular weight excluding hydrogens is 252 g/mol. The maximum Gasteiger partial charge on any atom is 0.333 e. The first-order valence-electron chi connectivity index (χ1n) is 5.92. The Bertz CT molecular complexity index is 394. The van der Waals surface area contributed by atoms with E-state index in [0.29, 0.717) is 12.3 Å². The maximum atomic E-state index is 11.6. The van der Waals surface area contributed by atoms with Gasteiger partial charge in [0.25, 0.3) is 5.91 Å². The van der Waals surface area contributed by atoms with Gasteiger partial charge in [0.15, 0.2) is 12.1 Å². The molecule has 0 fully saturated rings. The van der Waals surface area contributed by atoms with Crippen LogP contribution in [-0.4, -0.2) is 48.7 Å². The quantitative estimate of drug-likeness (QED) is 0.506. The molecule has 0 aromatic heterocycles. The van der Waals surface area contributed by atoms with Crippen molar-refractivity contribution < 1.29 is 24.2 Å². The van der Waals surface area contributed by atoms with Gasteiger partial charge in [-0.2, -0.15) is 0 Å². The van der Waals surface area contributed by atoms with E-state index in [4.69, 9.17) is 4.74 Å². The van der Waals surface area contributed by atoms with E-state index in [0.717, 1.165) is 0 Å². The second-order valence-corrected chi connectivity index (χ2v) is 4.02. The molecule has 3 unspecified atom stereocenters. The number of nitrogens with one attached hydrogen (secondary N) is 1. The lowest BCUT2D eigenvalue weighted by Gasteiger charge is -2.27. The molecule has 19 heavy (non-hydrogen) atoms. The van der Waals surface area contributed by atoms with E-state index in [2.05, 4.69) is 21.6 Å². The van der Waals surface area contributed by atoms with E-state index in [9.17, 15) is 14.7 Å². The van der Waals surface area contributed by atoms with Crippen molar-refractivity contribution in [3.8, 4) is 0 Å². The van der Waals surface area contributed by atoms with E-state index in [-0.39, 0.29) is 12.5 Å². The highest BCUT2D eigenvalue weighted by Gasteiger charge is 2.38. The molecule has 0 saturated carbocycles. The average Bonchev–Trinajstić information content (AvgIpc) is 2.42. The van der Waals surface area contributed by atoms with Crippen LogP contribution in [0.1, 0.15) is 13.3 Å². The minimum atomic E-state index is -1.53. The van der Waals surface area contributed by atoms with Crippen molar-refractivity contribution >= 4 is 17.7 Å². The van der Waals surface area contributed by atoms with Crippen LogP contribution in [0.2, 0.25) is 0 Å². The molecule has 1 rings (SSSR count). The lowest BCUT2D eigenvalue weighted by molar-refractivity contribution is -0.149. The van der Waals surface area contributed by atoms with Crippen LogP contribution in [0.4, 0.5) is 0 Å². The van der Waals surface area contributed by atoms with E-state index in [1.807, 2.05) is 6.92 Å². The van der Waals surface area contributed by atoms with Crippen LogP contribution in [0.3, 0.4) is 0 Å². The van der Waals surface area contributed by atoms with Gasteiger partial charge in [0.2, 0.25) is 0 Å². The Labute approximate surface area is 111 Å². The average molecular weight is 270 g/mol. The van der Waals surface area contributed by atoms with Gasteiger partial charge in [-0.25, -0.2) is 4.79 Å². The first-order chi connectivity index (χ1) is 9.04. The van der Waals surface area contributed by atoms with Crippen LogP contribution in [0, 0.1) is 5.92 Å². The molecular formula is C12H18N2O5. The maximum absolute atomic E-state index is 11.6. The molecule has 7 heteroatoms. The number of amides is 1. The molecule has 7 nitrogen and oxygen atoms in total. The fraction of sp³-hybridized carbons (Fsp3) is 0.583. The largest absolute Gasteiger partial charge is 0.501 e. The number of methoxy groups -OCH3 is 1. The minimum absolute atomic E-state index is 0.193. The monoisotopic (exact) mass is 270 g/mol. The number of amidine groups is 1. The number of aliphatic hydroxyl groups is 1. The molecule has 0 radical (unpaired) electrons. The molecule has 1 heterocycles. The highest BCUT2D eigenvalue weighted by Crippen LogP contribution is 2.14. The summed E-state index contributed by atoms with van der Waals surface area (Å²) in [4.78, 5) is 27.1. The summed E-state index contributed by atoms with van der Waals surface area (Å²) in [5.41, 5.74) is 0. The van der Waals surface area contributed by atoms with E-state index >= 15 is 0 Å². The predicted octanol–water partition coefficient (Wildman–Crippen LogP) is -0.396. The predicted molar refractivity (Wildman–Crippen MR) is 67.3 cm³/mol. The zero-order valence-corrected chi connectivity index (χ0v) is 11.0. The van der Waals surface area contributed by atoms with E-state index in [1.165, 1.54) is 13.4 Å². The van der Waals surface area contributed by atoms with Crippen molar-refractivity contribution in [1.82, 2.24) is 5.32 Å². The van der Waals surface area contributed by atoms with Crippen LogP contribution in [0.15, 0.2) is 17.8 Å². The number of rotatable bonds is 6. The number of hydrogen-bond donors (Lipinski definition) is 2. The first kappa shape index (κ1) is 15.2. The van der Waals surface area contributed by atoms with Crippen molar-refractivity contribution in [2.45, 2.75) is 25.5 Å². The summed E-state index contributed by atoms with van der Waals surface area (Å²) in [7, 11) is 1.18. The third-order valence-electron chi connectivity index (χ3n) is 2.83. The fourth-order valence-corrected chi connectivity index (χ4v) is 1.68. The lowest BCUT2D eigenvalue weighted by Crippen LogP contribution is -2.54. The topological polar surface area (TPSA) is 97.2 Å². The molecule has 0 saturated heterocycles. The Morgan fingerprint density at radius 1 is 1.68 bits per heavy atom. The van der Waals surface area contributed by atoms with Gasteiger partial charge in [-0.15, -0.1) is 0 Å². The van der Waals surface area contributed by atoms with Gasteiger partial charge in [-0.1, -0.05) is 13.5 Å². The number of aliphatic imine (C=N–C) groups is 1. The second kappa shape index (κ2) is 6.89. The SMILES string of the molecule is C=COCC(CC)C1=NC(C(=O)OC)C(O)C(=O)N1. The molecule has 0 bridgehead atoms. The molecule has 1 aliphatic heterocycles. The highest BCUT2D eigenvalue weighted by molar-refractivity contribution is 6.06. The smallest absolute Gasteiger partial charge is 0.333 e. The minimum Gasteiger partial charge on any atom is -0.501 e. The number of ether oxygens (including phenoxy) is 2. The number of esters is 1. The standard InChI is InChI=1S/C12H18N2O5/c1-4-7(6-19-5-2)10-13-8(12(17)18-3)9(15)11(16)14-10/h5,7-9,15H,2,4,6H2,1,3H3,(H,13,14,16). The number of nitrogens with zero attached hydrogens (tertiary/aromatic N) is 1. The van der Waals surface area contributed by atoms with Gasteiger partial charge < -0.3 is 19.9 Å². The Hall–Kier alpha value is -1.89. The number of carbonyl (C=O) groups is 2. The number of aliphatic hydroxyl groups excluding tert-OH is 1. The summed E-state index contributed by atoms with van der Waals surface area (Å²) in [5, 5.41) is 12.1. The third kappa shape index (κ3) is 3.54. The van der Waals surface area contributed by atoms with Gasteiger partial charge in [0.1, 0.15) is 5.84 Å². The van der Waals surface area contributed by atoms with Crippen LogP contribution >= 0.6 is 0 Å². The van der Waals surface area contributed by atoms with Gasteiger partial charge in [0, 0.05) is 0 Å². The molecule has 0 aliphatic carbocycles. The van der Waals surface area contributed by atoms with Crippen LogP contribution in [0.5, 0.6) is 0 Å². The Balaban J connectivity index is 2.94. The zero-order valence-electron chi connectivity index (χ0n) is 11.0. The van der Waals surface area contributed by atoms with Crippen molar-refractivity contribution in [2.75, 3.05) is 13.7 Å². The summed E-state index contributed by atoms with van der Waals surface area (Å²) >= 11 is 0. The van der Waals surface area contributed by atoms with Gasteiger partial charge in [0.05, 0.1) is 25.9 Å². The molecule has 2 N–H and O–H groups in total. The summed E-state index contributed by atoms with van der Waals surface area (Å²) in [6.07, 6.45) is 0.409. The van der Waals surface area contributed by atoms with Crippen LogP contribution < -0.4 is 5.32 Å². The summed E-state index contributed by atoms with van der Waals surface area (Å²) in [6, 6.07) is -1.23. The molecule has 1 amide bonds. The number of carbonyl (C=O) groups excluding carboxylic acids is 2. The van der Waals surface area contributed by atoms with Crippen LogP contribution in [-0.2, 0) is 19.1 Å². The molecule has 0 aromatic rings. The zero-order chi connectivity index (χ0) is 14.4.